The fourth-order valence-corrected chi connectivity index (χ4v) is 4.93. The summed E-state index contributed by atoms with van der Waals surface area (Å²) < 4.78 is 37.6. The van der Waals surface area contributed by atoms with Crippen LogP contribution in [0.25, 0.3) is 10.2 Å². The van der Waals surface area contributed by atoms with Crippen LogP contribution < -0.4 is 10.1 Å². The van der Waals surface area contributed by atoms with E-state index in [2.05, 4.69) is 15.3 Å². The molecule has 4 rings (SSSR count). The molecule has 164 valence electrons. The lowest BCUT2D eigenvalue weighted by atomic mass is 9.92. The van der Waals surface area contributed by atoms with E-state index in [0.29, 0.717) is 35.7 Å². The third-order valence-electron chi connectivity index (χ3n) is 5.80. The van der Waals surface area contributed by atoms with E-state index in [4.69, 9.17) is 9.47 Å². The molecule has 2 fully saturated rings. The number of aromatic nitrogens is 2. The molecule has 2 aliphatic rings. The number of thiazole rings is 1. The molecule has 0 bridgehead atoms. The second kappa shape index (κ2) is 8.56. The van der Waals surface area contributed by atoms with Crippen molar-refractivity contribution in [3.05, 3.63) is 11.8 Å². The number of urea groups is 1. The maximum Gasteiger partial charge on any atom is 0.323 e. The standard InChI is InChI=1S/C19H24F2N4O4S/c1-28-15-13-14(12(10-22-15)11-2-8-29-9-3-11)30-17(23-13)24-18(26)25-6-4-19(27,5-7-25)16(20)21/h10-11,16,27H,2-9H2,1H3,(H,23,24,26). The number of alkyl halides is 2. The van der Waals surface area contributed by atoms with Crippen molar-refractivity contribution in [3.8, 4) is 5.88 Å². The molecule has 2 amide bonds. The number of methoxy groups -OCH3 is 1. The summed E-state index contributed by atoms with van der Waals surface area (Å²) in [5.41, 5.74) is -0.371. The van der Waals surface area contributed by atoms with Crippen LogP contribution in [-0.2, 0) is 4.74 Å². The number of nitrogens with one attached hydrogen (secondary N) is 1. The first kappa shape index (κ1) is 21.1. The van der Waals surface area contributed by atoms with Crippen molar-refractivity contribution < 1.29 is 28.2 Å². The number of carbonyl (C=O) groups is 1. The van der Waals surface area contributed by atoms with Crippen molar-refractivity contribution >= 4 is 32.7 Å². The van der Waals surface area contributed by atoms with Gasteiger partial charge >= 0.3 is 6.03 Å². The van der Waals surface area contributed by atoms with Gasteiger partial charge in [0.25, 0.3) is 6.43 Å². The van der Waals surface area contributed by atoms with E-state index in [0.717, 1.165) is 23.1 Å². The number of fused-ring (bicyclic) bond motifs is 1. The summed E-state index contributed by atoms with van der Waals surface area (Å²) in [7, 11) is 1.52. The average molecular weight is 442 g/mol. The van der Waals surface area contributed by atoms with Crippen LogP contribution in [0, 0.1) is 0 Å². The molecule has 11 heteroatoms. The van der Waals surface area contributed by atoms with Crippen LogP contribution >= 0.6 is 11.3 Å². The van der Waals surface area contributed by atoms with Gasteiger partial charge < -0.3 is 19.5 Å². The van der Waals surface area contributed by atoms with E-state index >= 15 is 0 Å². The van der Waals surface area contributed by atoms with Gasteiger partial charge in [0.2, 0.25) is 5.88 Å². The van der Waals surface area contributed by atoms with E-state index < -0.39 is 18.1 Å². The van der Waals surface area contributed by atoms with E-state index in [1.54, 1.807) is 6.20 Å². The van der Waals surface area contributed by atoms with Gasteiger partial charge in [-0.15, -0.1) is 0 Å². The summed E-state index contributed by atoms with van der Waals surface area (Å²) in [6, 6.07) is -0.426. The van der Waals surface area contributed by atoms with Crippen LogP contribution in [0.3, 0.4) is 0 Å². The monoisotopic (exact) mass is 442 g/mol. The molecule has 2 aromatic heterocycles. The van der Waals surface area contributed by atoms with Crippen LogP contribution in [0.5, 0.6) is 5.88 Å². The molecule has 0 aromatic carbocycles. The quantitative estimate of drug-likeness (QED) is 0.755. The number of carbonyl (C=O) groups excluding carboxylic acids is 1. The number of halogens is 2. The maximum absolute atomic E-state index is 13.0. The van der Waals surface area contributed by atoms with Gasteiger partial charge in [-0.3, -0.25) is 5.32 Å². The van der Waals surface area contributed by atoms with E-state index in [1.807, 2.05) is 0 Å². The second-order valence-electron chi connectivity index (χ2n) is 7.63. The first-order valence-corrected chi connectivity index (χ1v) is 10.7. The van der Waals surface area contributed by atoms with Gasteiger partial charge in [-0.1, -0.05) is 11.3 Å². The summed E-state index contributed by atoms with van der Waals surface area (Å²) in [6.07, 6.45) is 0.437. The molecule has 0 atom stereocenters. The lowest BCUT2D eigenvalue weighted by molar-refractivity contribution is -0.121. The fraction of sp³-hybridized carbons (Fsp3) is 0.632. The van der Waals surface area contributed by atoms with Gasteiger partial charge in [0.1, 0.15) is 11.1 Å². The smallest absolute Gasteiger partial charge is 0.323 e. The second-order valence-corrected chi connectivity index (χ2v) is 8.63. The number of likely N-dealkylation sites (tertiary alicyclic amines) is 1. The molecule has 0 spiro atoms. The van der Waals surface area contributed by atoms with Crippen LogP contribution in [-0.4, -0.2) is 71.4 Å². The van der Waals surface area contributed by atoms with Crippen molar-refractivity contribution in [2.75, 3.05) is 38.7 Å². The molecule has 2 N–H and O–H groups in total. The molecule has 4 heterocycles. The number of nitrogens with zero attached hydrogens (tertiary/aromatic N) is 3. The Morgan fingerprint density at radius 2 is 2.10 bits per heavy atom. The molecule has 8 nitrogen and oxygen atoms in total. The van der Waals surface area contributed by atoms with Crippen molar-refractivity contribution in [2.45, 2.75) is 43.6 Å². The van der Waals surface area contributed by atoms with E-state index in [-0.39, 0.29) is 25.9 Å². The zero-order chi connectivity index (χ0) is 21.3. The fourth-order valence-electron chi connectivity index (χ4n) is 3.90. The highest BCUT2D eigenvalue weighted by atomic mass is 32.1. The Labute approximate surface area is 176 Å². The normalized spacial score (nSPS) is 20.0. The van der Waals surface area contributed by atoms with Crippen molar-refractivity contribution in [3.63, 3.8) is 0 Å². The molecular weight excluding hydrogens is 418 g/mol. The highest BCUT2D eigenvalue weighted by Gasteiger charge is 2.41. The number of hydrogen-bond acceptors (Lipinski definition) is 7. The number of amides is 2. The maximum atomic E-state index is 13.0. The van der Waals surface area contributed by atoms with Crippen LogP contribution in [0.1, 0.15) is 37.2 Å². The minimum Gasteiger partial charge on any atom is -0.479 e. The third kappa shape index (κ3) is 4.06. The Kier molecular flexibility index (Phi) is 6.03. The number of ether oxygens (including phenoxy) is 2. The number of anilines is 1. The third-order valence-corrected chi connectivity index (χ3v) is 6.82. The van der Waals surface area contributed by atoms with Crippen molar-refractivity contribution in [1.82, 2.24) is 14.9 Å². The lowest BCUT2D eigenvalue weighted by Gasteiger charge is -2.37. The summed E-state index contributed by atoms with van der Waals surface area (Å²) in [5, 5.41) is 13.0. The number of aliphatic hydroxyl groups is 1. The minimum absolute atomic E-state index is 0.0514. The first-order valence-electron chi connectivity index (χ1n) is 9.89. The Morgan fingerprint density at radius 1 is 1.40 bits per heavy atom. The topological polar surface area (TPSA) is 96.8 Å². The van der Waals surface area contributed by atoms with E-state index in [1.165, 1.54) is 23.3 Å². The number of pyridine rings is 1. The molecule has 2 saturated heterocycles. The Bertz CT molecular complexity index is 911. The predicted molar refractivity (Wildman–Crippen MR) is 108 cm³/mol. The molecule has 0 aliphatic carbocycles. The number of hydrogen-bond donors (Lipinski definition) is 2. The molecule has 2 aliphatic heterocycles. The zero-order valence-electron chi connectivity index (χ0n) is 16.6. The van der Waals surface area contributed by atoms with Crippen molar-refractivity contribution in [1.29, 1.82) is 0 Å². The van der Waals surface area contributed by atoms with Gasteiger partial charge in [-0.2, -0.15) is 0 Å². The summed E-state index contributed by atoms with van der Waals surface area (Å²) in [6.45, 7) is 1.49. The zero-order valence-corrected chi connectivity index (χ0v) is 17.4. The van der Waals surface area contributed by atoms with Gasteiger partial charge in [-0.05, 0) is 37.2 Å². The Morgan fingerprint density at radius 3 is 2.73 bits per heavy atom. The SMILES string of the molecule is COc1ncc(C2CCOCC2)c2sc(NC(=O)N3CCC(O)(C(F)F)CC3)nc12. The van der Waals surface area contributed by atoms with E-state index in [9.17, 15) is 18.7 Å². The number of rotatable bonds is 4. The van der Waals surface area contributed by atoms with Gasteiger partial charge in [0, 0.05) is 32.5 Å². The van der Waals surface area contributed by atoms with Crippen molar-refractivity contribution in [2.24, 2.45) is 0 Å². The highest BCUT2D eigenvalue weighted by Crippen LogP contribution is 2.39. The first-order chi connectivity index (χ1) is 14.4. The summed E-state index contributed by atoms with van der Waals surface area (Å²) >= 11 is 1.34. The lowest BCUT2D eigenvalue weighted by Crippen LogP contribution is -2.51. The summed E-state index contributed by atoms with van der Waals surface area (Å²) in [5.74, 6) is 0.690. The molecule has 0 radical (unpaired) electrons. The van der Waals surface area contributed by atoms with Gasteiger partial charge in [0.05, 0.1) is 11.8 Å². The number of piperidine rings is 1. The van der Waals surface area contributed by atoms with Gasteiger partial charge in [-0.25, -0.2) is 23.5 Å². The van der Waals surface area contributed by atoms with Crippen LogP contribution in [0.15, 0.2) is 6.20 Å². The average Bonchev–Trinajstić information content (AvgIpc) is 3.17. The predicted octanol–water partition coefficient (Wildman–Crippen LogP) is 3.22. The highest BCUT2D eigenvalue weighted by molar-refractivity contribution is 7.22. The Balaban J connectivity index is 1.52. The molecule has 0 saturated carbocycles. The minimum atomic E-state index is -2.82. The van der Waals surface area contributed by atoms with Crippen LogP contribution in [0.4, 0.5) is 18.7 Å². The van der Waals surface area contributed by atoms with Gasteiger partial charge in [0.15, 0.2) is 5.13 Å². The largest absolute Gasteiger partial charge is 0.479 e. The van der Waals surface area contributed by atoms with Crippen LogP contribution in [0.2, 0.25) is 0 Å². The molecule has 0 unspecified atom stereocenters. The molecule has 2 aromatic rings. The molecular formula is C19H24F2N4O4S. The molecule has 30 heavy (non-hydrogen) atoms. The Hall–Kier alpha value is -2.11. The summed E-state index contributed by atoms with van der Waals surface area (Å²) in [4.78, 5) is 22.9.